The Labute approximate surface area is 258 Å². The molecule has 7 aromatic rings. The van der Waals surface area contributed by atoms with Gasteiger partial charge < -0.3 is 4.74 Å². The van der Waals surface area contributed by atoms with Gasteiger partial charge in [0.25, 0.3) is 0 Å². The number of pyridine rings is 1. The standard InChI is InChI=1S/C39H36N4O/c1-7-29-20-25(3)19-26(4)38(29)39-27(5)41-43(28(39)6)30-11-10-12-31(22-30)44-32-15-16-34-33-13-8-9-14-35(33)42(36(34)23-32)37-21-24(2)17-18-40-37/h8-23H,7H2,1-6H3. The fourth-order valence-corrected chi connectivity index (χ4v) is 6.67. The first-order chi connectivity index (χ1) is 21.3. The number of nitrogens with zero attached hydrogens (tertiary/aromatic N) is 4. The van der Waals surface area contributed by atoms with Crippen LogP contribution in [0.3, 0.4) is 0 Å². The molecule has 3 aromatic heterocycles. The van der Waals surface area contributed by atoms with E-state index in [9.17, 15) is 0 Å². The molecule has 44 heavy (non-hydrogen) atoms. The first kappa shape index (κ1) is 27.7. The molecule has 218 valence electrons. The van der Waals surface area contributed by atoms with Gasteiger partial charge >= 0.3 is 0 Å². The van der Waals surface area contributed by atoms with Gasteiger partial charge in [0, 0.05) is 40.4 Å². The molecule has 0 aliphatic carbocycles. The van der Waals surface area contributed by atoms with E-state index in [0.29, 0.717) is 0 Å². The van der Waals surface area contributed by atoms with Crippen molar-refractivity contribution in [3.05, 3.63) is 131 Å². The van der Waals surface area contributed by atoms with E-state index in [-0.39, 0.29) is 0 Å². The lowest BCUT2D eigenvalue weighted by Gasteiger charge is -2.14. The molecule has 0 bridgehead atoms. The van der Waals surface area contributed by atoms with Crippen LogP contribution in [0.5, 0.6) is 11.5 Å². The molecule has 0 amide bonds. The van der Waals surface area contributed by atoms with E-state index >= 15 is 0 Å². The molecule has 0 radical (unpaired) electrons. The van der Waals surface area contributed by atoms with Crippen molar-refractivity contribution in [3.8, 4) is 34.1 Å². The van der Waals surface area contributed by atoms with Crippen LogP contribution in [-0.4, -0.2) is 19.3 Å². The Bertz CT molecular complexity index is 2200. The van der Waals surface area contributed by atoms with Crippen LogP contribution >= 0.6 is 0 Å². The van der Waals surface area contributed by atoms with Crippen LogP contribution in [0.4, 0.5) is 0 Å². The molecule has 0 N–H and O–H groups in total. The van der Waals surface area contributed by atoms with Crippen LogP contribution in [0.25, 0.3) is 44.4 Å². The summed E-state index contributed by atoms with van der Waals surface area (Å²) in [5, 5.41) is 7.37. The zero-order chi connectivity index (χ0) is 30.5. The van der Waals surface area contributed by atoms with Crippen molar-refractivity contribution in [3.63, 3.8) is 0 Å². The number of aromatic nitrogens is 4. The predicted octanol–water partition coefficient (Wildman–Crippen LogP) is 9.93. The number of benzene rings is 4. The van der Waals surface area contributed by atoms with Gasteiger partial charge in [0.1, 0.15) is 17.3 Å². The van der Waals surface area contributed by atoms with E-state index in [1.165, 1.54) is 38.8 Å². The quantitative estimate of drug-likeness (QED) is 0.198. The molecule has 0 aliphatic heterocycles. The molecule has 0 fully saturated rings. The van der Waals surface area contributed by atoms with E-state index in [0.717, 1.165) is 57.2 Å². The minimum absolute atomic E-state index is 0.757. The zero-order valence-corrected chi connectivity index (χ0v) is 26.1. The van der Waals surface area contributed by atoms with Crippen LogP contribution in [-0.2, 0) is 6.42 Å². The molecule has 0 spiro atoms. The van der Waals surface area contributed by atoms with Crippen LogP contribution in [0.15, 0.2) is 97.2 Å². The second-order valence-corrected chi connectivity index (χ2v) is 11.7. The third-order valence-electron chi connectivity index (χ3n) is 8.56. The Hall–Kier alpha value is -5.16. The van der Waals surface area contributed by atoms with Gasteiger partial charge in [0.05, 0.1) is 22.4 Å². The molecule has 4 aromatic carbocycles. The summed E-state index contributed by atoms with van der Waals surface area (Å²) in [6.07, 6.45) is 2.85. The Morgan fingerprint density at radius 2 is 1.48 bits per heavy atom. The molecule has 0 saturated heterocycles. The van der Waals surface area contributed by atoms with Crippen molar-refractivity contribution in [1.82, 2.24) is 19.3 Å². The molecule has 3 heterocycles. The summed E-state index contributed by atoms with van der Waals surface area (Å²) < 4.78 is 10.8. The number of hydrogen-bond donors (Lipinski definition) is 0. The fourth-order valence-electron chi connectivity index (χ4n) is 6.67. The summed E-state index contributed by atoms with van der Waals surface area (Å²) in [6.45, 7) is 13.0. The van der Waals surface area contributed by atoms with E-state index < -0.39 is 0 Å². The van der Waals surface area contributed by atoms with Crippen molar-refractivity contribution in [2.75, 3.05) is 0 Å². The third-order valence-corrected chi connectivity index (χ3v) is 8.56. The SMILES string of the molecule is CCc1cc(C)cc(C)c1-c1c(C)nn(-c2cccc(Oc3ccc4c5ccccc5n(-c5cc(C)ccn5)c4c3)c2)c1C. The summed E-state index contributed by atoms with van der Waals surface area (Å²) in [5.41, 5.74) is 12.9. The maximum atomic E-state index is 6.51. The van der Waals surface area contributed by atoms with E-state index in [1.807, 2.05) is 35.1 Å². The Kier molecular flexibility index (Phi) is 6.81. The number of fused-ring (bicyclic) bond motifs is 3. The summed E-state index contributed by atoms with van der Waals surface area (Å²) in [6, 6.07) is 31.7. The fraction of sp³-hybridized carbons (Fsp3) is 0.179. The summed E-state index contributed by atoms with van der Waals surface area (Å²) in [7, 11) is 0. The van der Waals surface area contributed by atoms with Crippen LogP contribution in [0, 0.1) is 34.6 Å². The third kappa shape index (κ3) is 4.65. The Morgan fingerprint density at radius 1 is 0.682 bits per heavy atom. The normalized spacial score (nSPS) is 11.5. The molecule has 0 aliphatic rings. The predicted molar refractivity (Wildman–Crippen MR) is 181 cm³/mol. The highest BCUT2D eigenvalue weighted by molar-refractivity contribution is 6.09. The van der Waals surface area contributed by atoms with E-state index in [1.54, 1.807) is 0 Å². The van der Waals surface area contributed by atoms with Gasteiger partial charge in [-0.25, -0.2) is 9.67 Å². The van der Waals surface area contributed by atoms with Crippen molar-refractivity contribution < 1.29 is 4.74 Å². The smallest absolute Gasteiger partial charge is 0.137 e. The second-order valence-electron chi connectivity index (χ2n) is 11.7. The molecule has 0 atom stereocenters. The minimum atomic E-state index is 0.757. The maximum absolute atomic E-state index is 6.51. The highest BCUT2D eigenvalue weighted by atomic mass is 16.5. The molecule has 5 heteroatoms. The first-order valence-corrected chi connectivity index (χ1v) is 15.2. The average molecular weight is 577 g/mol. The summed E-state index contributed by atoms with van der Waals surface area (Å²) >= 11 is 0. The van der Waals surface area contributed by atoms with Crippen LogP contribution < -0.4 is 4.74 Å². The van der Waals surface area contributed by atoms with Gasteiger partial charge in [-0.2, -0.15) is 5.10 Å². The molecule has 0 saturated carbocycles. The molecular weight excluding hydrogens is 540 g/mol. The monoisotopic (exact) mass is 576 g/mol. The van der Waals surface area contributed by atoms with Gasteiger partial charge in [0.15, 0.2) is 0 Å². The number of rotatable bonds is 6. The maximum Gasteiger partial charge on any atom is 0.137 e. The number of hydrogen-bond acceptors (Lipinski definition) is 3. The Morgan fingerprint density at radius 3 is 2.30 bits per heavy atom. The molecular formula is C39H36N4O. The van der Waals surface area contributed by atoms with Gasteiger partial charge in [-0.3, -0.25) is 4.57 Å². The van der Waals surface area contributed by atoms with Gasteiger partial charge in [0.2, 0.25) is 0 Å². The zero-order valence-electron chi connectivity index (χ0n) is 26.1. The molecule has 0 unspecified atom stereocenters. The number of ether oxygens (including phenoxy) is 1. The summed E-state index contributed by atoms with van der Waals surface area (Å²) in [5.74, 6) is 2.42. The van der Waals surface area contributed by atoms with Gasteiger partial charge in [-0.15, -0.1) is 0 Å². The average Bonchev–Trinajstić information content (AvgIpc) is 3.49. The lowest BCUT2D eigenvalue weighted by Crippen LogP contribution is -2.00. The van der Waals surface area contributed by atoms with Gasteiger partial charge in [-0.1, -0.05) is 48.9 Å². The topological polar surface area (TPSA) is 44.9 Å². The van der Waals surface area contributed by atoms with E-state index in [2.05, 4.69) is 113 Å². The first-order valence-electron chi connectivity index (χ1n) is 15.2. The summed E-state index contributed by atoms with van der Waals surface area (Å²) in [4.78, 5) is 4.71. The van der Waals surface area contributed by atoms with Crippen LogP contribution in [0.2, 0.25) is 0 Å². The number of para-hydroxylation sites is 1. The number of aryl methyl sites for hydroxylation is 5. The Balaban J connectivity index is 1.28. The lowest BCUT2D eigenvalue weighted by molar-refractivity contribution is 0.483. The minimum Gasteiger partial charge on any atom is -0.457 e. The van der Waals surface area contributed by atoms with E-state index in [4.69, 9.17) is 14.8 Å². The van der Waals surface area contributed by atoms with Crippen molar-refractivity contribution >= 4 is 21.8 Å². The molecule has 5 nitrogen and oxygen atoms in total. The van der Waals surface area contributed by atoms with Crippen molar-refractivity contribution in [2.45, 2.75) is 48.0 Å². The van der Waals surface area contributed by atoms with Crippen molar-refractivity contribution in [2.24, 2.45) is 0 Å². The highest BCUT2D eigenvalue weighted by Gasteiger charge is 2.20. The largest absolute Gasteiger partial charge is 0.457 e. The van der Waals surface area contributed by atoms with Crippen LogP contribution in [0.1, 0.15) is 40.6 Å². The highest BCUT2D eigenvalue weighted by Crippen LogP contribution is 2.37. The van der Waals surface area contributed by atoms with Gasteiger partial charge in [-0.05, 0) is 106 Å². The lowest BCUT2D eigenvalue weighted by atomic mass is 9.91. The van der Waals surface area contributed by atoms with Crippen molar-refractivity contribution in [1.29, 1.82) is 0 Å². The molecule has 7 rings (SSSR count). The second kappa shape index (κ2) is 10.8.